The van der Waals surface area contributed by atoms with E-state index in [0.717, 1.165) is 15.6 Å². The van der Waals surface area contributed by atoms with Gasteiger partial charge in [0.15, 0.2) is 0 Å². The van der Waals surface area contributed by atoms with Crippen molar-refractivity contribution in [1.82, 2.24) is 5.32 Å². The van der Waals surface area contributed by atoms with Crippen molar-refractivity contribution in [3.8, 4) is 0 Å². The van der Waals surface area contributed by atoms with E-state index in [1.165, 1.54) is 13.2 Å². The fourth-order valence-corrected chi connectivity index (χ4v) is 3.05. The van der Waals surface area contributed by atoms with Gasteiger partial charge in [-0.2, -0.15) is 0 Å². The second kappa shape index (κ2) is 4.59. The van der Waals surface area contributed by atoms with Gasteiger partial charge in [-0.15, -0.1) is 0 Å². The van der Waals surface area contributed by atoms with Crippen LogP contribution >= 0.6 is 15.9 Å². The Balaban J connectivity index is 2.18. The van der Waals surface area contributed by atoms with Gasteiger partial charge in [0.1, 0.15) is 0 Å². The minimum absolute atomic E-state index is 0.144. The average molecular weight is 334 g/mol. The van der Waals surface area contributed by atoms with E-state index in [-0.39, 0.29) is 11.3 Å². The average Bonchev–Trinajstić information content (AvgIpc) is 2.44. The molecular formula is C15H12BrNO3. The zero-order valence-corrected chi connectivity index (χ0v) is 12.4. The van der Waals surface area contributed by atoms with E-state index in [4.69, 9.17) is 4.74 Å². The van der Waals surface area contributed by atoms with Crippen LogP contribution in [0.2, 0.25) is 0 Å². The Kier molecular flexibility index (Phi) is 3.01. The van der Waals surface area contributed by atoms with Crippen molar-refractivity contribution in [2.75, 3.05) is 13.7 Å². The van der Waals surface area contributed by atoms with Crippen molar-refractivity contribution in [3.63, 3.8) is 0 Å². The van der Waals surface area contributed by atoms with Crippen LogP contribution < -0.4 is 5.32 Å². The van der Waals surface area contributed by atoms with Crippen LogP contribution in [-0.2, 0) is 14.3 Å². The molecule has 0 aromatic heterocycles. The van der Waals surface area contributed by atoms with E-state index in [9.17, 15) is 9.59 Å². The van der Waals surface area contributed by atoms with E-state index >= 15 is 0 Å². The molecule has 1 heterocycles. The van der Waals surface area contributed by atoms with Gasteiger partial charge in [0.05, 0.1) is 18.1 Å². The highest BCUT2D eigenvalue weighted by Gasteiger charge is 2.41. The summed E-state index contributed by atoms with van der Waals surface area (Å²) in [7, 11) is 1.35. The van der Waals surface area contributed by atoms with Gasteiger partial charge in [0.2, 0.25) is 5.91 Å². The number of amides is 1. The van der Waals surface area contributed by atoms with E-state index < -0.39 is 5.97 Å². The fraction of sp³-hybridized carbons (Fsp3) is 0.200. The first-order chi connectivity index (χ1) is 9.55. The predicted molar refractivity (Wildman–Crippen MR) is 77.9 cm³/mol. The molecule has 1 atom stereocenters. The summed E-state index contributed by atoms with van der Waals surface area (Å²) in [6.07, 6.45) is 11.0. The molecule has 20 heavy (non-hydrogen) atoms. The maximum atomic E-state index is 11.8. The van der Waals surface area contributed by atoms with Gasteiger partial charge in [-0.25, -0.2) is 4.79 Å². The number of nitrogens with one attached hydrogen (secondary N) is 1. The second-order valence-corrected chi connectivity index (χ2v) is 5.76. The molecule has 5 heteroatoms. The molecule has 1 amide bonds. The molecule has 3 rings (SSSR count). The highest BCUT2D eigenvalue weighted by molar-refractivity contribution is 9.11. The third-order valence-corrected chi connectivity index (χ3v) is 4.22. The van der Waals surface area contributed by atoms with E-state index in [0.29, 0.717) is 12.1 Å². The van der Waals surface area contributed by atoms with Crippen molar-refractivity contribution < 1.29 is 14.3 Å². The van der Waals surface area contributed by atoms with Crippen molar-refractivity contribution in [2.45, 2.75) is 0 Å². The number of esters is 1. The van der Waals surface area contributed by atoms with Gasteiger partial charge in [-0.1, -0.05) is 28.1 Å². The Labute approximate surface area is 124 Å². The molecule has 2 aliphatic carbocycles. The third-order valence-electron chi connectivity index (χ3n) is 3.72. The van der Waals surface area contributed by atoms with Crippen LogP contribution in [0.15, 0.2) is 57.7 Å². The quantitative estimate of drug-likeness (QED) is 0.746. The second-order valence-electron chi connectivity index (χ2n) is 4.84. The summed E-state index contributed by atoms with van der Waals surface area (Å²) in [6, 6.07) is 0. The van der Waals surface area contributed by atoms with Crippen LogP contribution in [0.1, 0.15) is 0 Å². The van der Waals surface area contributed by atoms with Crippen LogP contribution in [0.5, 0.6) is 0 Å². The van der Waals surface area contributed by atoms with Crippen LogP contribution in [0.3, 0.4) is 0 Å². The van der Waals surface area contributed by atoms with Crippen LogP contribution in [0.25, 0.3) is 0 Å². The minimum atomic E-state index is -0.406. The Bertz CT molecular complexity index is 667. The summed E-state index contributed by atoms with van der Waals surface area (Å²) in [5.74, 6) is -0.550. The zero-order chi connectivity index (χ0) is 14.3. The number of ether oxygens (including phenoxy) is 1. The smallest absolute Gasteiger partial charge is 0.337 e. The largest absolute Gasteiger partial charge is 0.465 e. The normalized spacial score (nSPS) is 27.2. The maximum absolute atomic E-state index is 11.8. The number of rotatable bonds is 1. The van der Waals surface area contributed by atoms with Crippen LogP contribution in [0, 0.1) is 5.41 Å². The molecule has 0 bridgehead atoms. The van der Waals surface area contributed by atoms with E-state index in [1.54, 1.807) is 6.08 Å². The lowest BCUT2D eigenvalue weighted by Gasteiger charge is -2.40. The first-order valence-corrected chi connectivity index (χ1v) is 6.93. The number of methoxy groups -OCH3 is 1. The zero-order valence-electron chi connectivity index (χ0n) is 10.8. The number of hydrogen-bond donors (Lipinski definition) is 1. The monoisotopic (exact) mass is 333 g/mol. The number of allylic oxidation sites excluding steroid dienone is 4. The minimum Gasteiger partial charge on any atom is -0.465 e. The van der Waals surface area contributed by atoms with Gasteiger partial charge in [0.25, 0.3) is 0 Å². The lowest BCUT2D eigenvalue weighted by molar-refractivity contribution is -0.135. The molecule has 102 valence electrons. The highest BCUT2D eigenvalue weighted by Crippen LogP contribution is 2.47. The highest BCUT2D eigenvalue weighted by atomic mass is 79.9. The summed E-state index contributed by atoms with van der Waals surface area (Å²) in [4.78, 5) is 23.4. The topological polar surface area (TPSA) is 55.4 Å². The van der Waals surface area contributed by atoms with Crippen molar-refractivity contribution >= 4 is 27.8 Å². The van der Waals surface area contributed by atoms with Crippen LogP contribution in [-0.4, -0.2) is 25.5 Å². The summed E-state index contributed by atoms with van der Waals surface area (Å²) >= 11 is 3.44. The van der Waals surface area contributed by atoms with Gasteiger partial charge in [0, 0.05) is 17.1 Å². The first kappa shape index (κ1) is 13.1. The lowest BCUT2D eigenvalue weighted by Crippen LogP contribution is -2.44. The Hall–Kier alpha value is -1.88. The SMILES string of the molecule is COC(=O)C1=CC2=CC(=O)NCC23C=CC(Br)=CC3=C1. The molecule has 0 radical (unpaired) electrons. The molecule has 0 aromatic carbocycles. The fourth-order valence-electron chi connectivity index (χ4n) is 2.67. The standard InChI is InChI=1S/C15H12BrNO3/c1-20-14(19)9-4-10-6-12(16)2-3-15(10)8-17-13(18)7-11(15)5-9/h2-7H,8H2,1H3,(H,17,18). The molecule has 1 N–H and O–H groups in total. The van der Waals surface area contributed by atoms with Crippen LogP contribution in [0.4, 0.5) is 0 Å². The Morgan fingerprint density at radius 3 is 2.80 bits per heavy atom. The summed E-state index contributed by atoms with van der Waals surface area (Å²) in [5, 5.41) is 2.85. The van der Waals surface area contributed by atoms with Crippen molar-refractivity contribution in [2.24, 2.45) is 5.41 Å². The Morgan fingerprint density at radius 1 is 1.30 bits per heavy atom. The molecule has 0 aromatic rings. The molecule has 4 nitrogen and oxygen atoms in total. The molecule has 0 saturated carbocycles. The predicted octanol–water partition coefficient (Wildman–Crippen LogP) is 1.92. The first-order valence-electron chi connectivity index (χ1n) is 6.14. The van der Waals surface area contributed by atoms with Crippen molar-refractivity contribution in [3.05, 3.63) is 57.7 Å². The molecule has 1 spiro atoms. The summed E-state index contributed by atoms with van der Waals surface area (Å²) in [6.45, 7) is 0.488. The van der Waals surface area contributed by atoms with E-state index in [2.05, 4.69) is 21.2 Å². The molecule has 0 saturated heterocycles. The van der Waals surface area contributed by atoms with Gasteiger partial charge < -0.3 is 10.1 Å². The van der Waals surface area contributed by atoms with Gasteiger partial charge in [-0.05, 0) is 29.4 Å². The number of carbonyl (C=O) groups excluding carboxylic acids is 2. The van der Waals surface area contributed by atoms with Crippen molar-refractivity contribution in [1.29, 1.82) is 0 Å². The Morgan fingerprint density at radius 2 is 2.05 bits per heavy atom. The number of halogens is 1. The maximum Gasteiger partial charge on any atom is 0.337 e. The van der Waals surface area contributed by atoms with Gasteiger partial charge in [-0.3, -0.25) is 4.79 Å². The van der Waals surface area contributed by atoms with Gasteiger partial charge >= 0.3 is 5.97 Å². The lowest BCUT2D eigenvalue weighted by atomic mass is 9.66. The summed E-state index contributed by atoms with van der Waals surface area (Å²) < 4.78 is 5.70. The molecule has 0 fully saturated rings. The molecule has 3 aliphatic rings. The number of carbonyl (C=O) groups is 2. The molecule has 1 aliphatic heterocycles. The van der Waals surface area contributed by atoms with E-state index in [1.807, 2.05) is 24.3 Å². The number of hydrogen-bond acceptors (Lipinski definition) is 3. The molecular weight excluding hydrogens is 322 g/mol. The molecule has 1 unspecified atom stereocenters. The third kappa shape index (κ3) is 1.89. The summed E-state index contributed by atoms with van der Waals surface area (Å²) in [5.41, 5.74) is 1.83.